The van der Waals surface area contributed by atoms with E-state index in [0.29, 0.717) is 0 Å². The van der Waals surface area contributed by atoms with Gasteiger partial charge in [0.2, 0.25) is 0 Å². The van der Waals surface area contributed by atoms with Crippen molar-refractivity contribution in [2.45, 2.75) is 0 Å². The molecule has 0 unspecified atom stereocenters. The first kappa shape index (κ1) is 10.8. The van der Waals surface area contributed by atoms with E-state index in [9.17, 15) is 0 Å². The van der Waals surface area contributed by atoms with Gasteiger partial charge in [0.15, 0.2) is 0 Å². The molecule has 0 saturated carbocycles. The Morgan fingerprint density at radius 2 is 1.65 bits per heavy atom. The van der Waals surface area contributed by atoms with E-state index < -0.39 is 0 Å². The van der Waals surface area contributed by atoms with Gasteiger partial charge in [-0.2, -0.15) is 0 Å². The van der Waals surface area contributed by atoms with Gasteiger partial charge in [0.25, 0.3) is 0 Å². The largest absolute Gasteiger partial charge is 0.353 e. The number of para-hydroxylation sites is 1. The third-order valence-electron chi connectivity index (χ3n) is 2.62. The summed E-state index contributed by atoms with van der Waals surface area (Å²) in [6, 6.07) is 16.6. The fourth-order valence-corrected chi connectivity index (χ4v) is 3.06. The number of thiophene rings is 1. The molecule has 1 heterocycles. The van der Waals surface area contributed by atoms with Gasteiger partial charge in [-0.15, -0.1) is 11.3 Å². The van der Waals surface area contributed by atoms with Crippen molar-refractivity contribution in [2.24, 2.45) is 0 Å². The second-order valence-electron chi connectivity index (χ2n) is 3.75. The van der Waals surface area contributed by atoms with Crippen LogP contribution in [-0.4, -0.2) is 0 Å². The third-order valence-corrected chi connectivity index (χ3v) is 4.28. The van der Waals surface area contributed by atoms with Gasteiger partial charge in [0.1, 0.15) is 0 Å². The maximum atomic E-state index is 3.55. The zero-order valence-corrected chi connectivity index (χ0v) is 11.4. The molecule has 2 aromatic carbocycles. The Balaban J connectivity index is 2.03. The van der Waals surface area contributed by atoms with E-state index in [2.05, 4.69) is 57.0 Å². The molecule has 0 radical (unpaired) electrons. The zero-order valence-electron chi connectivity index (χ0n) is 8.98. The van der Waals surface area contributed by atoms with Crippen LogP contribution in [0.15, 0.2) is 58.4 Å². The normalized spacial score (nSPS) is 10.6. The summed E-state index contributed by atoms with van der Waals surface area (Å²) in [5.41, 5.74) is 2.26. The number of hydrogen-bond donors (Lipinski definition) is 1. The van der Waals surface area contributed by atoms with Crippen LogP contribution in [0.5, 0.6) is 0 Å². The van der Waals surface area contributed by atoms with Gasteiger partial charge in [0, 0.05) is 19.9 Å². The highest BCUT2D eigenvalue weighted by Gasteiger charge is 2.04. The molecule has 0 spiro atoms. The number of benzene rings is 2. The fourth-order valence-electron chi connectivity index (χ4n) is 1.78. The molecule has 0 atom stereocenters. The number of anilines is 2. The molecule has 1 N–H and O–H groups in total. The Morgan fingerprint density at radius 1 is 0.882 bits per heavy atom. The predicted octanol–water partition coefficient (Wildman–Crippen LogP) is 5.41. The molecule has 0 aliphatic rings. The SMILES string of the molecule is Brc1ccccc1Nc1csc2ccccc12. The predicted molar refractivity (Wildman–Crippen MR) is 79.2 cm³/mol. The quantitative estimate of drug-likeness (QED) is 0.667. The van der Waals surface area contributed by atoms with E-state index in [1.165, 1.54) is 10.1 Å². The van der Waals surface area contributed by atoms with Crippen LogP contribution in [0.1, 0.15) is 0 Å². The van der Waals surface area contributed by atoms with E-state index in [1.807, 2.05) is 18.2 Å². The minimum Gasteiger partial charge on any atom is -0.353 e. The number of hydrogen-bond acceptors (Lipinski definition) is 2. The second-order valence-corrected chi connectivity index (χ2v) is 5.52. The topological polar surface area (TPSA) is 12.0 Å². The van der Waals surface area contributed by atoms with Crippen LogP contribution in [0, 0.1) is 0 Å². The Kier molecular flexibility index (Phi) is 2.87. The van der Waals surface area contributed by atoms with Crippen LogP contribution in [0.3, 0.4) is 0 Å². The lowest BCUT2D eigenvalue weighted by molar-refractivity contribution is 1.56. The van der Waals surface area contributed by atoms with Crippen molar-refractivity contribution in [3.8, 4) is 0 Å². The molecule has 3 aromatic rings. The highest BCUT2D eigenvalue weighted by atomic mass is 79.9. The molecule has 1 aromatic heterocycles. The van der Waals surface area contributed by atoms with E-state index in [1.54, 1.807) is 11.3 Å². The highest BCUT2D eigenvalue weighted by Crippen LogP contribution is 2.33. The zero-order chi connectivity index (χ0) is 11.7. The van der Waals surface area contributed by atoms with Crippen LogP contribution in [0.4, 0.5) is 11.4 Å². The molecule has 0 saturated heterocycles. The molecule has 0 fully saturated rings. The number of nitrogens with one attached hydrogen (secondary N) is 1. The highest BCUT2D eigenvalue weighted by molar-refractivity contribution is 9.10. The lowest BCUT2D eigenvalue weighted by Crippen LogP contribution is -1.89. The Labute approximate surface area is 112 Å². The number of halogens is 1. The first-order valence-corrected chi connectivity index (χ1v) is 6.99. The summed E-state index contributed by atoms with van der Waals surface area (Å²) in [5, 5.41) is 6.89. The fraction of sp³-hybridized carbons (Fsp3) is 0. The average Bonchev–Trinajstić information content (AvgIpc) is 2.76. The van der Waals surface area contributed by atoms with Crippen molar-refractivity contribution in [1.82, 2.24) is 0 Å². The van der Waals surface area contributed by atoms with Crippen LogP contribution in [0.25, 0.3) is 10.1 Å². The second kappa shape index (κ2) is 4.51. The van der Waals surface area contributed by atoms with Crippen molar-refractivity contribution in [1.29, 1.82) is 0 Å². The molecule has 0 aliphatic carbocycles. The summed E-state index contributed by atoms with van der Waals surface area (Å²) < 4.78 is 2.39. The van der Waals surface area contributed by atoms with Crippen molar-refractivity contribution >= 4 is 48.7 Å². The number of rotatable bonds is 2. The summed E-state index contributed by atoms with van der Waals surface area (Å²) in [5.74, 6) is 0. The Bertz CT molecular complexity index is 660. The van der Waals surface area contributed by atoms with E-state index in [-0.39, 0.29) is 0 Å². The molecular formula is C14H10BrNS. The molecule has 84 valence electrons. The minimum atomic E-state index is 1.08. The van der Waals surface area contributed by atoms with Gasteiger partial charge in [-0.05, 0) is 34.1 Å². The summed E-state index contributed by atoms with van der Waals surface area (Å²) in [4.78, 5) is 0. The van der Waals surface area contributed by atoms with Crippen molar-refractivity contribution < 1.29 is 0 Å². The standard InChI is InChI=1S/C14H10BrNS/c15-11-6-2-3-7-12(11)16-13-9-17-14-8-4-1-5-10(13)14/h1-9,16H. The smallest absolute Gasteiger partial charge is 0.0573 e. The molecule has 3 heteroatoms. The van der Waals surface area contributed by atoms with E-state index in [4.69, 9.17) is 0 Å². The summed E-state index contributed by atoms with van der Waals surface area (Å²) in [6.07, 6.45) is 0. The van der Waals surface area contributed by atoms with E-state index >= 15 is 0 Å². The summed E-state index contributed by atoms with van der Waals surface area (Å²) in [7, 11) is 0. The monoisotopic (exact) mass is 303 g/mol. The summed E-state index contributed by atoms with van der Waals surface area (Å²) >= 11 is 5.31. The van der Waals surface area contributed by atoms with Crippen molar-refractivity contribution in [2.75, 3.05) is 5.32 Å². The first-order chi connectivity index (χ1) is 8.34. The summed E-state index contributed by atoms with van der Waals surface area (Å²) in [6.45, 7) is 0. The van der Waals surface area contributed by atoms with Crippen molar-refractivity contribution in [3.63, 3.8) is 0 Å². The average molecular weight is 304 g/mol. The van der Waals surface area contributed by atoms with Crippen LogP contribution in [-0.2, 0) is 0 Å². The molecule has 17 heavy (non-hydrogen) atoms. The van der Waals surface area contributed by atoms with Gasteiger partial charge in [-0.3, -0.25) is 0 Å². The van der Waals surface area contributed by atoms with Crippen LogP contribution >= 0.6 is 27.3 Å². The Hall–Kier alpha value is -1.32. The van der Waals surface area contributed by atoms with Gasteiger partial charge in [-0.25, -0.2) is 0 Å². The molecule has 0 amide bonds. The molecular weight excluding hydrogens is 294 g/mol. The molecule has 0 bridgehead atoms. The third kappa shape index (κ3) is 2.08. The van der Waals surface area contributed by atoms with Gasteiger partial charge in [-0.1, -0.05) is 30.3 Å². The molecule has 1 nitrogen and oxygen atoms in total. The molecule has 3 rings (SSSR count). The molecule has 0 aliphatic heterocycles. The maximum absolute atomic E-state index is 3.55. The lowest BCUT2D eigenvalue weighted by atomic mass is 10.2. The number of fused-ring (bicyclic) bond motifs is 1. The van der Waals surface area contributed by atoms with Crippen molar-refractivity contribution in [3.05, 3.63) is 58.4 Å². The van der Waals surface area contributed by atoms with E-state index in [0.717, 1.165) is 15.8 Å². The van der Waals surface area contributed by atoms with Crippen LogP contribution < -0.4 is 5.32 Å². The van der Waals surface area contributed by atoms with Gasteiger partial charge in [0.05, 0.1) is 11.4 Å². The minimum absolute atomic E-state index is 1.08. The first-order valence-electron chi connectivity index (χ1n) is 5.32. The lowest BCUT2D eigenvalue weighted by Gasteiger charge is -2.06. The van der Waals surface area contributed by atoms with Gasteiger partial charge >= 0.3 is 0 Å². The Morgan fingerprint density at radius 3 is 2.53 bits per heavy atom. The maximum Gasteiger partial charge on any atom is 0.0573 e. The van der Waals surface area contributed by atoms with Crippen LogP contribution in [0.2, 0.25) is 0 Å². The van der Waals surface area contributed by atoms with Gasteiger partial charge < -0.3 is 5.32 Å².